The van der Waals surface area contributed by atoms with Gasteiger partial charge < -0.3 is 15.2 Å². The first kappa shape index (κ1) is 18.0. The minimum atomic E-state index is -0.633. The number of nitrogens with one attached hydrogen (secondary N) is 1. The van der Waals surface area contributed by atoms with Gasteiger partial charge in [-0.2, -0.15) is 0 Å². The standard InChI is InChI=1S/C22H23NO3/c1-16(26-18-10-3-2-4-11-18)22(25)23-15-14-21(24)20-13-7-9-17-8-5-6-12-19(17)20/h2-13,16,21,24H,14-15H2,1H3,(H,23,25)/t16-,21-/m0/s1. The fourth-order valence-electron chi connectivity index (χ4n) is 2.93. The summed E-state index contributed by atoms with van der Waals surface area (Å²) in [6, 6.07) is 23.1. The molecule has 1 amide bonds. The molecule has 0 bridgehead atoms. The van der Waals surface area contributed by atoms with E-state index >= 15 is 0 Å². The minimum Gasteiger partial charge on any atom is -0.481 e. The van der Waals surface area contributed by atoms with Crippen LogP contribution in [-0.4, -0.2) is 23.7 Å². The van der Waals surface area contributed by atoms with Gasteiger partial charge in [-0.3, -0.25) is 4.79 Å². The van der Waals surface area contributed by atoms with E-state index in [1.165, 1.54) is 0 Å². The Labute approximate surface area is 153 Å². The molecule has 4 nitrogen and oxygen atoms in total. The Balaban J connectivity index is 1.53. The zero-order chi connectivity index (χ0) is 18.4. The molecule has 0 fully saturated rings. The predicted octanol–water partition coefficient (Wildman–Crippen LogP) is 3.85. The lowest BCUT2D eigenvalue weighted by Crippen LogP contribution is -2.37. The number of benzene rings is 3. The van der Waals surface area contributed by atoms with Crippen molar-refractivity contribution in [1.82, 2.24) is 5.32 Å². The molecule has 2 atom stereocenters. The maximum absolute atomic E-state index is 12.2. The van der Waals surface area contributed by atoms with Crippen molar-refractivity contribution in [2.75, 3.05) is 6.54 Å². The maximum Gasteiger partial charge on any atom is 0.260 e. The van der Waals surface area contributed by atoms with Gasteiger partial charge >= 0.3 is 0 Å². The number of fused-ring (bicyclic) bond motifs is 1. The molecule has 0 heterocycles. The summed E-state index contributed by atoms with van der Waals surface area (Å²) in [5.74, 6) is 0.463. The van der Waals surface area contributed by atoms with Gasteiger partial charge in [-0.05, 0) is 41.8 Å². The van der Waals surface area contributed by atoms with Gasteiger partial charge in [-0.15, -0.1) is 0 Å². The second-order valence-corrected chi connectivity index (χ2v) is 6.24. The highest BCUT2D eigenvalue weighted by atomic mass is 16.5. The molecule has 0 unspecified atom stereocenters. The lowest BCUT2D eigenvalue weighted by atomic mass is 9.99. The minimum absolute atomic E-state index is 0.195. The van der Waals surface area contributed by atoms with Gasteiger partial charge in [0.2, 0.25) is 0 Å². The number of hydrogen-bond acceptors (Lipinski definition) is 3. The SMILES string of the molecule is C[C@H](Oc1ccccc1)C(=O)NCC[C@H](O)c1cccc2ccccc12. The van der Waals surface area contributed by atoms with E-state index in [1.807, 2.05) is 72.8 Å². The van der Waals surface area contributed by atoms with Crippen LogP contribution in [-0.2, 0) is 4.79 Å². The number of para-hydroxylation sites is 1. The fourth-order valence-corrected chi connectivity index (χ4v) is 2.93. The highest BCUT2D eigenvalue weighted by Gasteiger charge is 2.16. The van der Waals surface area contributed by atoms with Crippen molar-refractivity contribution in [3.05, 3.63) is 78.4 Å². The van der Waals surface area contributed by atoms with Crippen molar-refractivity contribution >= 4 is 16.7 Å². The predicted molar refractivity (Wildman–Crippen MR) is 103 cm³/mol. The molecule has 0 radical (unpaired) electrons. The Bertz CT molecular complexity index is 858. The van der Waals surface area contributed by atoms with Crippen molar-refractivity contribution < 1.29 is 14.6 Å². The number of ether oxygens (including phenoxy) is 1. The van der Waals surface area contributed by atoms with Crippen LogP contribution in [0.25, 0.3) is 10.8 Å². The van der Waals surface area contributed by atoms with Gasteiger partial charge in [0.05, 0.1) is 6.10 Å². The quantitative estimate of drug-likeness (QED) is 0.681. The van der Waals surface area contributed by atoms with Crippen LogP contribution < -0.4 is 10.1 Å². The molecule has 26 heavy (non-hydrogen) atoms. The summed E-state index contributed by atoms with van der Waals surface area (Å²) in [7, 11) is 0. The summed E-state index contributed by atoms with van der Waals surface area (Å²) in [6.07, 6.45) is -0.781. The molecule has 0 aliphatic carbocycles. The largest absolute Gasteiger partial charge is 0.481 e. The molecule has 0 aliphatic rings. The van der Waals surface area contributed by atoms with E-state index in [0.29, 0.717) is 18.7 Å². The third kappa shape index (κ3) is 4.41. The average molecular weight is 349 g/mol. The van der Waals surface area contributed by atoms with Crippen LogP contribution >= 0.6 is 0 Å². The smallest absolute Gasteiger partial charge is 0.260 e. The lowest BCUT2D eigenvalue weighted by molar-refractivity contribution is -0.127. The molecule has 0 saturated heterocycles. The molecular formula is C22H23NO3. The molecule has 0 saturated carbocycles. The summed E-state index contributed by atoms with van der Waals surface area (Å²) in [6.45, 7) is 2.09. The fraction of sp³-hybridized carbons (Fsp3) is 0.227. The Morgan fingerprint density at radius 1 is 1.00 bits per heavy atom. The summed E-state index contributed by atoms with van der Waals surface area (Å²) in [5.41, 5.74) is 0.880. The van der Waals surface area contributed by atoms with Crippen molar-refractivity contribution in [2.45, 2.75) is 25.6 Å². The Morgan fingerprint density at radius 2 is 1.69 bits per heavy atom. The normalized spacial score (nSPS) is 13.2. The Kier molecular flexibility index (Phi) is 5.87. The van der Waals surface area contributed by atoms with Crippen molar-refractivity contribution in [2.24, 2.45) is 0 Å². The highest BCUT2D eigenvalue weighted by Crippen LogP contribution is 2.25. The first-order valence-corrected chi connectivity index (χ1v) is 8.80. The molecular weight excluding hydrogens is 326 g/mol. The third-order valence-electron chi connectivity index (χ3n) is 4.32. The van der Waals surface area contributed by atoms with Gasteiger partial charge in [-0.25, -0.2) is 0 Å². The molecule has 0 aliphatic heterocycles. The molecule has 134 valence electrons. The first-order chi connectivity index (χ1) is 12.6. The van der Waals surface area contributed by atoms with E-state index in [1.54, 1.807) is 6.92 Å². The average Bonchev–Trinajstić information content (AvgIpc) is 2.68. The number of aliphatic hydroxyl groups excluding tert-OH is 1. The van der Waals surface area contributed by atoms with Crippen molar-refractivity contribution in [3.63, 3.8) is 0 Å². The van der Waals surface area contributed by atoms with Crippen LogP contribution in [0.3, 0.4) is 0 Å². The summed E-state index contributed by atoms with van der Waals surface area (Å²) in [4.78, 5) is 12.2. The number of hydrogen-bond donors (Lipinski definition) is 2. The molecule has 3 rings (SSSR count). The highest BCUT2D eigenvalue weighted by molar-refractivity contribution is 5.86. The number of amides is 1. The van der Waals surface area contributed by atoms with Crippen LogP contribution in [0, 0.1) is 0 Å². The molecule has 3 aromatic carbocycles. The molecule has 3 aromatic rings. The topological polar surface area (TPSA) is 58.6 Å². The maximum atomic E-state index is 12.2. The second kappa shape index (κ2) is 8.50. The van der Waals surface area contributed by atoms with Gasteiger partial charge in [0.25, 0.3) is 5.91 Å². The van der Waals surface area contributed by atoms with Crippen LogP contribution in [0.15, 0.2) is 72.8 Å². The summed E-state index contributed by atoms with van der Waals surface area (Å²) < 4.78 is 5.60. The van der Waals surface area contributed by atoms with Crippen LogP contribution in [0.4, 0.5) is 0 Å². The van der Waals surface area contributed by atoms with E-state index in [-0.39, 0.29) is 5.91 Å². The van der Waals surface area contributed by atoms with E-state index in [0.717, 1.165) is 16.3 Å². The van der Waals surface area contributed by atoms with Crippen LogP contribution in [0.2, 0.25) is 0 Å². The van der Waals surface area contributed by atoms with E-state index < -0.39 is 12.2 Å². The van der Waals surface area contributed by atoms with Gasteiger partial charge in [0, 0.05) is 6.54 Å². The van der Waals surface area contributed by atoms with Crippen LogP contribution in [0.5, 0.6) is 5.75 Å². The zero-order valence-electron chi connectivity index (χ0n) is 14.8. The van der Waals surface area contributed by atoms with Crippen molar-refractivity contribution in [1.29, 1.82) is 0 Å². The van der Waals surface area contributed by atoms with Gasteiger partial charge in [0.1, 0.15) is 5.75 Å². The van der Waals surface area contributed by atoms with Crippen molar-refractivity contribution in [3.8, 4) is 5.75 Å². The van der Waals surface area contributed by atoms with Crippen LogP contribution in [0.1, 0.15) is 25.0 Å². The number of aliphatic hydroxyl groups is 1. The van der Waals surface area contributed by atoms with E-state index in [4.69, 9.17) is 4.74 Å². The first-order valence-electron chi connectivity index (χ1n) is 8.80. The Hall–Kier alpha value is -2.85. The molecule has 0 spiro atoms. The number of carbonyl (C=O) groups excluding carboxylic acids is 1. The van der Waals surface area contributed by atoms with Gasteiger partial charge in [-0.1, -0.05) is 60.7 Å². The third-order valence-corrected chi connectivity index (χ3v) is 4.32. The number of rotatable bonds is 7. The molecule has 2 N–H and O–H groups in total. The molecule has 0 aromatic heterocycles. The lowest BCUT2D eigenvalue weighted by Gasteiger charge is -2.17. The van der Waals surface area contributed by atoms with Gasteiger partial charge in [0.15, 0.2) is 6.10 Å². The van der Waals surface area contributed by atoms with E-state index in [9.17, 15) is 9.90 Å². The van der Waals surface area contributed by atoms with E-state index in [2.05, 4.69) is 5.32 Å². The monoisotopic (exact) mass is 349 g/mol. The number of carbonyl (C=O) groups is 1. The summed E-state index contributed by atoms with van der Waals surface area (Å²) in [5, 5.41) is 15.5. The zero-order valence-corrected chi connectivity index (χ0v) is 14.8. The summed E-state index contributed by atoms with van der Waals surface area (Å²) >= 11 is 0. The Morgan fingerprint density at radius 3 is 2.50 bits per heavy atom. The second-order valence-electron chi connectivity index (χ2n) is 6.24. The molecule has 4 heteroatoms.